The van der Waals surface area contributed by atoms with E-state index in [1.54, 1.807) is 0 Å². The Kier molecular flexibility index (Phi) is 2.50. The third-order valence-corrected chi connectivity index (χ3v) is 3.80. The molecule has 3 aromatic rings. The van der Waals surface area contributed by atoms with Gasteiger partial charge in [-0.3, -0.25) is 0 Å². The molecule has 0 atom stereocenters. The minimum Gasteiger partial charge on any atom is -0.150 e. The predicted molar refractivity (Wildman–Crippen MR) is 79.2 cm³/mol. The van der Waals surface area contributed by atoms with Crippen molar-refractivity contribution in [2.24, 2.45) is 0 Å². The fourth-order valence-corrected chi connectivity index (χ4v) is 2.50. The maximum Gasteiger partial charge on any atom is 0.0946 e. The van der Waals surface area contributed by atoms with E-state index in [1.807, 2.05) is 0 Å². The molecule has 0 fully saturated rings. The van der Waals surface area contributed by atoms with Crippen molar-refractivity contribution in [3.8, 4) is 0 Å². The number of aryl methyl sites for hydroxylation is 2. The van der Waals surface area contributed by atoms with Gasteiger partial charge in [0.15, 0.2) is 0 Å². The molecular weight excluding hydrogens is 323 g/mol. The zero-order chi connectivity index (χ0) is 12.0. The lowest BCUT2D eigenvalue weighted by atomic mass is 10.0. The zero-order valence-corrected chi connectivity index (χ0v) is 11.8. The largest absolute Gasteiger partial charge is 0.150 e. The summed E-state index contributed by atoms with van der Waals surface area (Å²) in [6.45, 7) is 4.24. The molecule has 3 rings (SSSR count). The monoisotopic (exact) mass is 334 g/mol. The Morgan fingerprint density at radius 3 is 2.24 bits per heavy atom. The molecule has 0 aliphatic rings. The summed E-state index contributed by atoms with van der Waals surface area (Å²) in [5.74, 6) is 0. The van der Waals surface area contributed by atoms with Crippen molar-refractivity contribution in [1.29, 1.82) is 0 Å². The van der Waals surface area contributed by atoms with Crippen molar-refractivity contribution in [1.82, 2.24) is 10.2 Å². The molecule has 1 aromatic heterocycles. The fraction of sp³-hybridized carbons (Fsp3) is 0.143. The van der Waals surface area contributed by atoms with Gasteiger partial charge >= 0.3 is 0 Å². The Bertz CT molecular complexity index is 735. The van der Waals surface area contributed by atoms with E-state index in [9.17, 15) is 0 Å². The number of benzene rings is 2. The summed E-state index contributed by atoms with van der Waals surface area (Å²) in [5, 5.41) is 11.0. The predicted octanol–water partition coefficient (Wildman–Crippen LogP) is 4.00. The lowest BCUT2D eigenvalue weighted by molar-refractivity contribution is 1.12. The quantitative estimate of drug-likeness (QED) is 0.459. The van der Waals surface area contributed by atoms with Crippen LogP contribution in [0.15, 0.2) is 30.3 Å². The minimum absolute atomic E-state index is 0.965. The molecule has 3 heteroatoms. The molecule has 0 bridgehead atoms. The number of aromatic nitrogens is 2. The van der Waals surface area contributed by atoms with E-state index in [0.717, 1.165) is 11.0 Å². The summed E-state index contributed by atoms with van der Waals surface area (Å²) in [5.41, 5.74) is 4.50. The number of fused-ring (bicyclic) bond motifs is 3. The van der Waals surface area contributed by atoms with E-state index in [-0.39, 0.29) is 0 Å². The highest BCUT2D eigenvalue weighted by Crippen LogP contribution is 2.25. The van der Waals surface area contributed by atoms with Gasteiger partial charge in [-0.05, 0) is 71.8 Å². The van der Waals surface area contributed by atoms with E-state index in [1.165, 1.54) is 25.5 Å². The molecule has 17 heavy (non-hydrogen) atoms. The van der Waals surface area contributed by atoms with Crippen LogP contribution in [-0.4, -0.2) is 10.2 Å². The smallest absolute Gasteiger partial charge is 0.0946 e. The van der Waals surface area contributed by atoms with E-state index < -0.39 is 0 Å². The van der Waals surface area contributed by atoms with Gasteiger partial charge < -0.3 is 0 Å². The number of hydrogen-bond acceptors (Lipinski definition) is 2. The number of hydrogen-bond donors (Lipinski definition) is 0. The van der Waals surface area contributed by atoms with Gasteiger partial charge in [-0.2, -0.15) is 0 Å². The van der Waals surface area contributed by atoms with E-state index in [2.05, 4.69) is 77.0 Å². The van der Waals surface area contributed by atoms with E-state index in [4.69, 9.17) is 0 Å². The van der Waals surface area contributed by atoms with Crippen LogP contribution in [0.1, 0.15) is 11.1 Å². The minimum atomic E-state index is 0.965. The summed E-state index contributed by atoms with van der Waals surface area (Å²) in [6.07, 6.45) is 0. The summed E-state index contributed by atoms with van der Waals surface area (Å²) in [7, 11) is 0. The molecule has 0 radical (unpaired) electrons. The van der Waals surface area contributed by atoms with Crippen LogP contribution < -0.4 is 0 Å². The molecule has 0 unspecified atom stereocenters. The van der Waals surface area contributed by atoms with Crippen LogP contribution in [0, 0.1) is 17.4 Å². The van der Waals surface area contributed by atoms with Crippen LogP contribution in [0.4, 0.5) is 0 Å². The molecule has 1 heterocycles. The molecule has 0 saturated carbocycles. The highest BCUT2D eigenvalue weighted by Gasteiger charge is 2.05. The maximum absolute atomic E-state index is 4.30. The van der Waals surface area contributed by atoms with Gasteiger partial charge in [0.05, 0.1) is 11.0 Å². The average molecular weight is 334 g/mol. The number of halogens is 1. The van der Waals surface area contributed by atoms with Crippen molar-refractivity contribution in [3.05, 3.63) is 45.0 Å². The van der Waals surface area contributed by atoms with Crippen molar-refractivity contribution >= 4 is 44.4 Å². The van der Waals surface area contributed by atoms with Gasteiger partial charge in [0.2, 0.25) is 0 Å². The van der Waals surface area contributed by atoms with Crippen LogP contribution in [0.2, 0.25) is 0 Å². The Labute approximate surface area is 113 Å². The zero-order valence-electron chi connectivity index (χ0n) is 9.66. The highest BCUT2D eigenvalue weighted by atomic mass is 127. The summed E-state index contributed by atoms with van der Waals surface area (Å²) >= 11 is 2.30. The van der Waals surface area contributed by atoms with Crippen LogP contribution in [-0.2, 0) is 0 Å². The molecule has 0 aliphatic heterocycles. The first kappa shape index (κ1) is 10.9. The second kappa shape index (κ2) is 3.91. The van der Waals surface area contributed by atoms with Crippen LogP contribution in [0.25, 0.3) is 21.8 Å². The third kappa shape index (κ3) is 1.78. The first-order valence-corrected chi connectivity index (χ1v) is 6.56. The molecule has 0 aliphatic carbocycles. The average Bonchev–Trinajstić information content (AvgIpc) is 2.30. The molecule has 0 amide bonds. The SMILES string of the molecule is Cc1cc2nnc3cc(I)ccc3c2cc1C. The Morgan fingerprint density at radius 2 is 1.47 bits per heavy atom. The normalized spacial score (nSPS) is 11.2. The molecule has 2 nitrogen and oxygen atoms in total. The summed E-state index contributed by atoms with van der Waals surface area (Å²) in [4.78, 5) is 0. The third-order valence-electron chi connectivity index (χ3n) is 3.13. The molecule has 0 spiro atoms. The van der Waals surface area contributed by atoms with Gasteiger partial charge in [-0.25, -0.2) is 0 Å². The van der Waals surface area contributed by atoms with Crippen molar-refractivity contribution in [3.63, 3.8) is 0 Å². The lowest BCUT2D eigenvalue weighted by Crippen LogP contribution is -1.90. The van der Waals surface area contributed by atoms with Crippen molar-refractivity contribution < 1.29 is 0 Å². The van der Waals surface area contributed by atoms with Gasteiger partial charge in [0.1, 0.15) is 0 Å². The van der Waals surface area contributed by atoms with Gasteiger partial charge in [0, 0.05) is 14.3 Å². The molecule has 84 valence electrons. The first-order chi connectivity index (χ1) is 8.15. The molecule has 0 N–H and O–H groups in total. The molecule has 2 aromatic carbocycles. The summed E-state index contributed by atoms with van der Waals surface area (Å²) < 4.78 is 1.19. The second-order valence-electron chi connectivity index (χ2n) is 4.32. The number of rotatable bonds is 0. The second-order valence-corrected chi connectivity index (χ2v) is 5.56. The van der Waals surface area contributed by atoms with Crippen LogP contribution >= 0.6 is 22.6 Å². The Hall–Kier alpha value is -1.23. The number of nitrogens with zero attached hydrogens (tertiary/aromatic N) is 2. The lowest BCUT2D eigenvalue weighted by Gasteiger charge is -2.06. The van der Waals surface area contributed by atoms with Crippen LogP contribution in [0.5, 0.6) is 0 Å². The Balaban J connectivity index is 2.50. The fourth-order valence-electron chi connectivity index (χ4n) is 2.02. The topological polar surface area (TPSA) is 25.8 Å². The standard InChI is InChI=1S/C14H11IN2/c1-8-5-12-11-4-3-10(15)7-14(11)17-16-13(12)6-9(8)2/h3-7H,1-2H3. The summed E-state index contributed by atoms with van der Waals surface area (Å²) in [6, 6.07) is 10.6. The van der Waals surface area contributed by atoms with E-state index in [0.29, 0.717) is 0 Å². The highest BCUT2D eigenvalue weighted by molar-refractivity contribution is 14.1. The van der Waals surface area contributed by atoms with E-state index >= 15 is 0 Å². The van der Waals surface area contributed by atoms with Crippen molar-refractivity contribution in [2.75, 3.05) is 0 Å². The molecular formula is C14H11IN2. The Morgan fingerprint density at radius 1 is 0.824 bits per heavy atom. The van der Waals surface area contributed by atoms with Gasteiger partial charge in [-0.15, -0.1) is 10.2 Å². The van der Waals surface area contributed by atoms with Gasteiger partial charge in [-0.1, -0.05) is 6.07 Å². The van der Waals surface area contributed by atoms with Crippen LogP contribution in [0.3, 0.4) is 0 Å². The first-order valence-electron chi connectivity index (χ1n) is 5.48. The maximum atomic E-state index is 4.30. The van der Waals surface area contributed by atoms with Gasteiger partial charge in [0.25, 0.3) is 0 Å². The van der Waals surface area contributed by atoms with Crippen molar-refractivity contribution in [2.45, 2.75) is 13.8 Å². The molecule has 0 saturated heterocycles.